The van der Waals surface area contributed by atoms with Crippen LogP contribution in [0.25, 0.3) is 0 Å². The molecule has 2 amide bonds. The molecule has 0 saturated heterocycles. The fourth-order valence-corrected chi connectivity index (χ4v) is 2.85. The van der Waals surface area contributed by atoms with Crippen molar-refractivity contribution in [1.29, 1.82) is 0 Å². The molecule has 0 aromatic heterocycles. The molecule has 0 bridgehead atoms. The van der Waals surface area contributed by atoms with Gasteiger partial charge in [0.1, 0.15) is 0 Å². The highest BCUT2D eigenvalue weighted by Gasteiger charge is 2.36. The van der Waals surface area contributed by atoms with E-state index in [1.54, 1.807) is 24.3 Å². The van der Waals surface area contributed by atoms with Gasteiger partial charge >= 0.3 is 5.97 Å². The van der Waals surface area contributed by atoms with Gasteiger partial charge in [-0.15, -0.1) is 0 Å². The predicted octanol–water partition coefficient (Wildman–Crippen LogP) is 2.41. The molecule has 7 heteroatoms. The van der Waals surface area contributed by atoms with E-state index in [0.717, 1.165) is 10.5 Å². The number of carbonyl (C=O) groups is 3. The van der Waals surface area contributed by atoms with Crippen LogP contribution < -0.4 is 0 Å². The Morgan fingerprint density at radius 1 is 0.964 bits per heavy atom. The second kappa shape index (κ2) is 9.25. The fraction of sp³-hybridized carbons (Fsp3) is 0.286. The summed E-state index contributed by atoms with van der Waals surface area (Å²) in [6.07, 6.45) is -0.571. The van der Waals surface area contributed by atoms with Crippen LogP contribution in [0, 0.1) is 0 Å². The maximum Gasteiger partial charge on any atom is 0.304 e. The molecule has 1 aliphatic rings. The summed E-state index contributed by atoms with van der Waals surface area (Å²) < 4.78 is 16.0. The van der Waals surface area contributed by atoms with Gasteiger partial charge in [0, 0.05) is 6.92 Å². The van der Waals surface area contributed by atoms with E-state index in [2.05, 4.69) is 0 Å². The first-order chi connectivity index (χ1) is 13.6. The van der Waals surface area contributed by atoms with Crippen molar-refractivity contribution >= 4 is 17.8 Å². The number of hydrogen-bond donors (Lipinski definition) is 0. The number of esters is 1. The fourth-order valence-electron chi connectivity index (χ4n) is 2.85. The minimum absolute atomic E-state index is 0.0409. The molecular formula is C21H21NO6. The number of amides is 2. The molecule has 1 atom stereocenters. The van der Waals surface area contributed by atoms with Gasteiger partial charge in [0.15, 0.2) is 6.79 Å². The molecule has 1 heterocycles. The second-order valence-electron chi connectivity index (χ2n) is 6.31. The van der Waals surface area contributed by atoms with Crippen LogP contribution in [0.15, 0.2) is 54.6 Å². The van der Waals surface area contributed by atoms with E-state index in [4.69, 9.17) is 14.2 Å². The van der Waals surface area contributed by atoms with Crippen molar-refractivity contribution in [2.45, 2.75) is 19.6 Å². The quantitative estimate of drug-likeness (QED) is 0.286. The molecule has 7 nitrogen and oxygen atoms in total. The number of benzene rings is 2. The van der Waals surface area contributed by atoms with E-state index >= 15 is 0 Å². The summed E-state index contributed by atoms with van der Waals surface area (Å²) in [6, 6.07) is 16.2. The summed E-state index contributed by atoms with van der Waals surface area (Å²) in [5.41, 5.74) is 1.72. The third-order valence-electron chi connectivity index (χ3n) is 4.24. The van der Waals surface area contributed by atoms with Gasteiger partial charge in [-0.1, -0.05) is 42.5 Å². The molecule has 28 heavy (non-hydrogen) atoms. The highest BCUT2D eigenvalue weighted by atomic mass is 16.7. The lowest BCUT2D eigenvalue weighted by molar-refractivity contribution is -0.157. The average molecular weight is 383 g/mol. The van der Waals surface area contributed by atoms with E-state index in [-0.39, 0.29) is 31.8 Å². The first kappa shape index (κ1) is 19.7. The SMILES string of the molecule is CC(=O)OCOCC(CN1C(=O)c2ccccc2C1=O)OCc1ccccc1. The largest absolute Gasteiger partial charge is 0.439 e. The van der Waals surface area contributed by atoms with Crippen LogP contribution in [0.3, 0.4) is 0 Å². The molecule has 0 radical (unpaired) electrons. The number of nitrogens with zero attached hydrogens (tertiary/aromatic N) is 1. The highest BCUT2D eigenvalue weighted by Crippen LogP contribution is 2.23. The van der Waals surface area contributed by atoms with Gasteiger partial charge in [-0.25, -0.2) is 0 Å². The molecule has 3 rings (SSSR count). The Bertz CT molecular complexity index is 816. The number of imide groups is 1. The Labute approximate surface area is 162 Å². The molecule has 1 unspecified atom stereocenters. The first-order valence-electron chi connectivity index (χ1n) is 8.88. The molecular weight excluding hydrogens is 362 g/mol. The van der Waals surface area contributed by atoms with Crippen molar-refractivity contribution in [3.63, 3.8) is 0 Å². The van der Waals surface area contributed by atoms with E-state index in [9.17, 15) is 14.4 Å². The summed E-state index contributed by atoms with van der Waals surface area (Å²) in [6.45, 7) is 1.46. The molecule has 0 fully saturated rings. The Hall–Kier alpha value is -3.03. The van der Waals surface area contributed by atoms with Gasteiger partial charge in [0.25, 0.3) is 11.8 Å². The number of ether oxygens (including phenoxy) is 3. The zero-order valence-corrected chi connectivity index (χ0v) is 15.5. The van der Waals surface area contributed by atoms with Crippen LogP contribution in [-0.2, 0) is 25.6 Å². The van der Waals surface area contributed by atoms with Crippen LogP contribution >= 0.6 is 0 Å². The van der Waals surface area contributed by atoms with Crippen molar-refractivity contribution in [2.75, 3.05) is 19.9 Å². The Kier molecular flexibility index (Phi) is 6.52. The van der Waals surface area contributed by atoms with Crippen molar-refractivity contribution in [3.05, 3.63) is 71.3 Å². The molecule has 0 N–H and O–H groups in total. The van der Waals surface area contributed by atoms with E-state index in [1.807, 2.05) is 30.3 Å². The summed E-state index contributed by atoms with van der Waals surface area (Å²) in [5, 5.41) is 0. The summed E-state index contributed by atoms with van der Waals surface area (Å²) in [4.78, 5) is 37.2. The summed E-state index contributed by atoms with van der Waals surface area (Å²) in [5.74, 6) is -1.16. The highest BCUT2D eigenvalue weighted by molar-refractivity contribution is 6.21. The van der Waals surface area contributed by atoms with Gasteiger partial charge < -0.3 is 14.2 Å². The van der Waals surface area contributed by atoms with Crippen LogP contribution in [0.4, 0.5) is 0 Å². The summed E-state index contributed by atoms with van der Waals surface area (Å²) in [7, 11) is 0. The topological polar surface area (TPSA) is 82.1 Å². The first-order valence-corrected chi connectivity index (χ1v) is 8.88. The number of carbonyl (C=O) groups excluding carboxylic acids is 3. The minimum Gasteiger partial charge on any atom is -0.439 e. The average Bonchev–Trinajstić information content (AvgIpc) is 2.94. The van der Waals surface area contributed by atoms with Crippen molar-refractivity contribution in [3.8, 4) is 0 Å². The van der Waals surface area contributed by atoms with Crippen LogP contribution in [0.2, 0.25) is 0 Å². The van der Waals surface area contributed by atoms with Gasteiger partial charge in [0.2, 0.25) is 0 Å². The third kappa shape index (κ3) is 4.82. The maximum atomic E-state index is 12.6. The minimum atomic E-state index is -0.571. The van der Waals surface area contributed by atoms with Crippen molar-refractivity contribution in [2.24, 2.45) is 0 Å². The number of hydrogen-bond acceptors (Lipinski definition) is 6. The molecule has 0 saturated carbocycles. The Morgan fingerprint density at radius 3 is 2.18 bits per heavy atom. The lowest BCUT2D eigenvalue weighted by Gasteiger charge is -2.23. The Morgan fingerprint density at radius 2 is 1.57 bits per heavy atom. The lowest BCUT2D eigenvalue weighted by Crippen LogP contribution is -2.40. The van der Waals surface area contributed by atoms with Crippen LogP contribution in [0.1, 0.15) is 33.2 Å². The lowest BCUT2D eigenvalue weighted by atomic mass is 10.1. The number of rotatable bonds is 9. The van der Waals surface area contributed by atoms with Gasteiger partial charge in [0.05, 0.1) is 37.0 Å². The van der Waals surface area contributed by atoms with E-state index < -0.39 is 12.1 Å². The number of fused-ring (bicyclic) bond motifs is 1. The molecule has 146 valence electrons. The molecule has 0 aliphatic carbocycles. The molecule has 2 aromatic rings. The zero-order chi connectivity index (χ0) is 19.9. The van der Waals surface area contributed by atoms with Crippen molar-refractivity contribution < 1.29 is 28.6 Å². The third-order valence-corrected chi connectivity index (χ3v) is 4.24. The standard InChI is InChI=1S/C21H21NO6/c1-15(23)28-14-26-13-17(27-12-16-7-3-2-4-8-16)11-22-20(24)18-9-5-6-10-19(18)21(22)25/h2-10,17H,11-14H2,1H3. The van der Waals surface area contributed by atoms with Crippen LogP contribution in [0.5, 0.6) is 0 Å². The molecule has 2 aromatic carbocycles. The normalized spacial score (nSPS) is 14.1. The van der Waals surface area contributed by atoms with E-state index in [1.165, 1.54) is 6.92 Å². The van der Waals surface area contributed by atoms with Gasteiger partial charge in [-0.2, -0.15) is 0 Å². The maximum absolute atomic E-state index is 12.6. The van der Waals surface area contributed by atoms with E-state index in [0.29, 0.717) is 17.7 Å². The monoisotopic (exact) mass is 383 g/mol. The summed E-state index contributed by atoms with van der Waals surface area (Å²) >= 11 is 0. The zero-order valence-electron chi connectivity index (χ0n) is 15.5. The Balaban J connectivity index is 1.65. The van der Waals surface area contributed by atoms with Crippen molar-refractivity contribution in [1.82, 2.24) is 4.90 Å². The predicted molar refractivity (Wildman–Crippen MR) is 99.4 cm³/mol. The second-order valence-corrected chi connectivity index (χ2v) is 6.31. The molecule has 0 spiro atoms. The van der Waals surface area contributed by atoms with Gasteiger partial charge in [-0.3, -0.25) is 19.3 Å². The van der Waals surface area contributed by atoms with Gasteiger partial charge in [-0.05, 0) is 17.7 Å². The van der Waals surface area contributed by atoms with Crippen LogP contribution in [-0.4, -0.2) is 48.7 Å². The smallest absolute Gasteiger partial charge is 0.304 e. The molecule has 1 aliphatic heterocycles.